The number of rotatable bonds is 3. The van der Waals surface area contributed by atoms with E-state index in [1.165, 1.54) is 12.1 Å². The normalized spacial score (nSPS) is 11.4. The summed E-state index contributed by atoms with van der Waals surface area (Å²) in [4.78, 5) is 13.7. The summed E-state index contributed by atoms with van der Waals surface area (Å²) in [5, 5.41) is 10.3. The Labute approximate surface area is 81.4 Å². The van der Waals surface area contributed by atoms with Crippen LogP contribution in [0.25, 0.3) is 0 Å². The van der Waals surface area contributed by atoms with Crippen LogP contribution in [0.3, 0.4) is 0 Å². The quantitative estimate of drug-likeness (QED) is 0.338. The zero-order valence-electron chi connectivity index (χ0n) is 7.80. The zero-order valence-corrected chi connectivity index (χ0v) is 7.80. The summed E-state index contributed by atoms with van der Waals surface area (Å²) in [5.74, 6) is 0.513. The van der Waals surface area contributed by atoms with Gasteiger partial charge >= 0.3 is 0 Å². The molecule has 1 rings (SSSR count). The van der Waals surface area contributed by atoms with E-state index in [-0.39, 0.29) is 5.69 Å². The zero-order chi connectivity index (χ0) is 10.6. The second kappa shape index (κ2) is 4.36. The fourth-order valence-electron chi connectivity index (χ4n) is 1.02. The number of amidine groups is 1. The monoisotopic (exact) mass is 193 g/mol. The fraction of sp³-hybridized carbons (Fsp3) is 0.222. The Balaban J connectivity index is 2.79. The summed E-state index contributed by atoms with van der Waals surface area (Å²) in [6.07, 6.45) is 0.522. The van der Waals surface area contributed by atoms with Gasteiger partial charge in [-0.15, -0.1) is 0 Å². The van der Waals surface area contributed by atoms with Crippen molar-refractivity contribution in [2.75, 3.05) is 7.05 Å². The SMILES string of the molecule is CN=C(N)Cc1ccc([N+](=O)[O-])cc1. The molecule has 2 N–H and O–H groups in total. The van der Waals surface area contributed by atoms with Crippen molar-refractivity contribution in [3.05, 3.63) is 39.9 Å². The number of nitrogens with zero attached hydrogens (tertiary/aromatic N) is 2. The van der Waals surface area contributed by atoms with E-state index in [0.29, 0.717) is 12.3 Å². The van der Waals surface area contributed by atoms with Gasteiger partial charge < -0.3 is 5.73 Å². The smallest absolute Gasteiger partial charge is 0.269 e. The average Bonchev–Trinajstić information content (AvgIpc) is 2.18. The summed E-state index contributed by atoms with van der Waals surface area (Å²) in [6, 6.07) is 6.27. The third kappa shape index (κ3) is 2.55. The number of hydrogen-bond acceptors (Lipinski definition) is 3. The van der Waals surface area contributed by atoms with Gasteiger partial charge in [-0.2, -0.15) is 0 Å². The summed E-state index contributed by atoms with van der Waals surface area (Å²) in [7, 11) is 1.61. The van der Waals surface area contributed by atoms with Crippen molar-refractivity contribution >= 4 is 11.5 Å². The van der Waals surface area contributed by atoms with Crippen LogP contribution in [-0.2, 0) is 6.42 Å². The van der Waals surface area contributed by atoms with Gasteiger partial charge in [-0.25, -0.2) is 0 Å². The number of aliphatic imine (C=N–C) groups is 1. The molecular weight excluding hydrogens is 182 g/mol. The van der Waals surface area contributed by atoms with Gasteiger partial charge in [-0.05, 0) is 5.56 Å². The molecule has 1 aromatic carbocycles. The van der Waals surface area contributed by atoms with Crippen LogP contribution < -0.4 is 5.73 Å². The Kier molecular flexibility index (Phi) is 3.17. The molecule has 0 bridgehead atoms. The molecule has 0 aliphatic rings. The van der Waals surface area contributed by atoms with Gasteiger partial charge in [0.15, 0.2) is 0 Å². The maximum Gasteiger partial charge on any atom is 0.269 e. The topological polar surface area (TPSA) is 81.5 Å². The Bertz CT molecular complexity index is 357. The van der Waals surface area contributed by atoms with Crippen molar-refractivity contribution in [1.29, 1.82) is 0 Å². The Hall–Kier alpha value is -1.91. The van der Waals surface area contributed by atoms with Crippen LogP contribution in [0.2, 0.25) is 0 Å². The molecule has 5 heteroatoms. The van der Waals surface area contributed by atoms with Crippen LogP contribution in [0.4, 0.5) is 5.69 Å². The van der Waals surface area contributed by atoms with Crippen molar-refractivity contribution in [3.63, 3.8) is 0 Å². The van der Waals surface area contributed by atoms with E-state index < -0.39 is 4.92 Å². The molecule has 0 aliphatic heterocycles. The van der Waals surface area contributed by atoms with Crippen molar-refractivity contribution in [2.45, 2.75) is 6.42 Å². The van der Waals surface area contributed by atoms with E-state index in [1.54, 1.807) is 19.2 Å². The van der Waals surface area contributed by atoms with E-state index >= 15 is 0 Å². The highest BCUT2D eigenvalue weighted by molar-refractivity contribution is 5.82. The summed E-state index contributed by atoms with van der Waals surface area (Å²) in [6.45, 7) is 0. The molecule has 0 atom stereocenters. The predicted octanol–water partition coefficient (Wildman–Crippen LogP) is 1.12. The largest absolute Gasteiger partial charge is 0.387 e. The highest BCUT2D eigenvalue weighted by Crippen LogP contribution is 2.11. The van der Waals surface area contributed by atoms with E-state index in [1.807, 2.05) is 0 Å². The van der Waals surface area contributed by atoms with Gasteiger partial charge in [-0.1, -0.05) is 12.1 Å². The molecule has 1 aromatic rings. The molecule has 0 radical (unpaired) electrons. The lowest BCUT2D eigenvalue weighted by Crippen LogP contribution is -2.14. The average molecular weight is 193 g/mol. The number of nitrogens with two attached hydrogens (primary N) is 1. The molecule has 0 amide bonds. The van der Waals surface area contributed by atoms with E-state index in [9.17, 15) is 10.1 Å². The second-order valence-corrected chi connectivity index (χ2v) is 2.82. The van der Waals surface area contributed by atoms with Gasteiger partial charge in [0.05, 0.1) is 10.8 Å². The molecular formula is C9H11N3O2. The molecule has 0 spiro atoms. The van der Waals surface area contributed by atoms with Crippen molar-refractivity contribution in [3.8, 4) is 0 Å². The lowest BCUT2D eigenvalue weighted by Gasteiger charge is -1.99. The van der Waals surface area contributed by atoms with E-state index in [0.717, 1.165) is 5.56 Å². The molecule has 14 heavy (non-hydrogen) atoms. The van der Waals surface area contributed by atoms with Crippen molar-refractivity contribution < 1.29 is 4.92 Å². The third-order valence-corrected chi connectivity index (χ3v) is 1.82. The molecule has 0 heterocycles. The predicted molar refractivity (Wildman–Crippen MR) is 54.3 cm³/mol. The lowest BCUT2D eigenvalue weighted by molar-refractivity contribution is -0.384. The van der Waals surface area contributed by atoms with Crippen LogP contribution in [0.15, 0.2) is 29.3 Å². The van der Waals surface area contributed by atoms with Crippen LogP contribution in [0, 0.1) is 10.1 Å². The number of nitro benzene ring substituents is 1. The third-order valence-electron chi connectivity index (χ3n) is 1.82. The maximum atomic E-state index is 10.3. The lowest BCUT2D eigenvalue weighted by atomic mass is 10.1. The molecule has 0 aromatic heterocycles. The first kappa shape index (κ1) is 10.2. The minimum Gasteiger partial charge on any atom is -0.387 e. The molecule has 0 unspecified atom stereocenters. The first-order valence-corrected chi connectivity index (χ1v) is 4.08. The van der Waals surface area contributed by atoms with E-state index in [2.05, 4.69) is 4.99 Å². The molecule has 0 aliphatic carbocycles. The van der Waals surface area contributed by atoms with Gasteiger partial charge in [-0.3, -0.25) is 15.1 Å². The van der Waals surface area contributed by atoms with Gasteiger partial charge in [0.1, 0.15) is 0 Å². The van der Waals surface area contributed by atoms with Gasteiger partial charge in [0, 0.05) is 25.6 Å². The number of hydrogen-bond donors (Lipinski definition) is 1. The first-order chi connectivity index (χ1) is 6.63. The Morgan fingerprint density at radius 3 is 2.50 bits per heavy atom. The molecule has 74 valence electrons. The molecule has 0 saturated carbocycles. The van der Waals surface area contributed by atoms with Crippen LogP contribution in [-0.4, -0.2) is 17.8 Å². The van der Waals surface area contributed by atoms with Crippen molar-refractivity contribution in [2.24, 2.45) is 10.7 Å². The number of benzene rings is 1. The Morgan fingerprint density at radius 1 is 1.50 bits per heavy atom. The highest BCUT2D eigenvalue weighted by atomic mass is 16.6. The fourth-order valence-corrected chi connectivity index (χ4v) is 1.02. The first-order valence-electron chi connectivity index (χ1n) is 4.08. The summed E-state index contributed by atoms with van der Waals surface area (Å²) in [5.41, 5.74) is 6.52. The minimum atomic E-state index is -0.430. The second-order valence-electron chi connectivity index (χ2n) is 2.82. The Morgan fingerprint density at radius 2 is 2.07 bits per heavy atom. The van der Waals surface area contributed by atoms with Crippen molar-refractivity contribution in [1.82, 2.24) is 0 Å². The standard InChI is InChI=1S/C9H11N3O2/c1-11-9(10)6-7-2-4-8(5-3-7)12(13)14/h2-5H,6H2,1H3,(H2,10,11). The highest BCUT2D eigenvalue weighted by Gasteiger charge is 2.04. The maximum absolute atomic E-state index is 10.3. The molecule has 0 fully saturated rings. The summed E-state index contributed by atoms with van der Waals surface area (Å²) >= 11 is 0. The summed E-state index contributed by atoms with van der Waals surface area (Å²) < 4.78 is 0. The van der Waals surface area contributed by atoms with E-state index in [4.69, 9.17) is 5.73 Å². The van der Waals surface area contributed by atoms with Gasteiger partial charge in [0.2, 0.25) is 0 Å². The number of non-ortho nitro benzene ring substituents is 1. The van der Waals surface area contributed by atoms with Crippen LogP contribution in [0.1, 0.15) is 5.56 Å². The van der Waals surface area contributed by atoms with Gasteiger partial charge in [0.25, 0.3) is 5.69 Å². The minimum absolute atomic E-state index is 0.0840. The molecule has 0 saturated heterocycles. The number of nitro groups is 1. The molecule has 5 nitrogen and oxygen atoms in total. The van der Waals surface area contributed by atoms with Crippen LogP contribution >= 0.6 is 0 Å². The van der Waals surface area contributed by atoms with Crippen LogP contribution in [0.5, 0.6) is 0 Å².